The Kier molecular flexibility index (Phi) is 4.60. The standard InChI is InChI=1S/C15H16N2OS/c1-11-7-5-6-10-13(11)19-14(15(18)17-16)12-8-3-2-4-9-12/h2-10,14H,16H2,1H3,(H,17,18). The summed E-state index contributed by atoms with van der Waals surface area (Å²) in [6.45, 7) is 2.03. The van der Waals surface area contributed by atoms with E-state index in [1.165, 1.54) is 11.8 Å². The van der Waals surface area contributed by atoms with Crippen molar-refractivity contribution in [3.8, 4) is 0 Å². The fourth-order valence-electron chi connectivity index (χ4n) is 1.79. The lowest BCUT2D eigenvalue weighted by atomic mass is 10.1. The zero-order valence-corrected chi connectivity index (χ0v) is 11.5. The molecule has 0 heterocycles. The second-order valence-electron chi connectivity index (χ2n) is 4.18. The molecule has 19 heavy (non-hydrogen) atoms. The number of carbonyl (C=O) groups is 1. The van der Waals surface area contributed by atoms with Crippen LogP contribution in [0, 0.1) is 6.92 Å². The van der Waals surface area contributed by atoms with Crippen molar-refractivity contribution in [2.24, 2.45) is 5.84 Å². The molecule has 2 rings (SSSR count). The van der Waals surface area contributed by atoms with Gasteiger partial charge in [0, 0.05) is 4.90 Å². The first-order valence-electron chi connectivity index (χ1n) is 6.00. The van der Waals surface area contributed by atoms with E-state index in [1.54, 1.807) is 0 Å². The van der Waals surface area contributed by atoms with Gasteiger partial charge in [0.1, 0.15) is 5.25 Å². The van der Waals surface area contributed by atoms with Gasteiger partial charge in [-0.1, -0.05) is 48.5 Å². The van der Waals surface area contributed by atoms with Gasteiger partial charge in [-0.3, -0.25) is 10.2 Å². The molecule has 2 aromatic rings. The van der Waals surface area contributed by atoms with Gasteiger partial charge in [0.2, 0.25) is 0 Å². The highest BCUT2D eigenvalue weighted by Gasteiger charge is 2.21. The van der Waals surface area contributed by atoms with Crippen LogP contribution in [-0.2, 0) is 4.79 Å². The summed E-state index contributed by atoms with van der Waals surface area (Å²) in [6.07, 6.45) is 0. The van der Waals surface area contributed by atoms with Gasteiger partial charge in [-0.2, -0.15) is 0 Å². The normalized spacial score (nSPS) is 11.9. The quantitative estimate of drug-likeness (QED) is 0.389. The molecule has 0 fully saturated rings. The number of hydrazine groups is 1. The van der Waals surface area contributed by atoms with Crippen LogP contribution < -0.4 is 11.3 Å². The molecule has 0 bridgehead atoms. The molecule has 0 spiro atoms. The predicted octanol–water partition coefficient (Wildman–Crippen LogP) is 2.82. The van der Waals surface area contributed by atoms with Crippen LogP contribution in [0.4, 0.5) is 0 Å². The molecule has 0 radical (unpaired) electrons. The van der Waals surface area contributed by atoms with E-state index in [9.17, 15) is 4.79 Å². The number of hydrogen-bond donors (Lipinski definition) is 2. The molecule has 3 N–H and O–H groups in total. The molecule has 0 aliphatic heterocycles. The number of thioether (sulfide) groups is 1. The number of nitrogens with one attached hydrogen (secondary N) is 1. The van der Waals surface area contributed by atoms with E-state index in [0.29, 0.717) is 0 Å². The fourth-order valence-corrected chi connectivity index (χ4v) is 2.93. The zero-order chi connectivity index (χ0) is 13.7. The van der Waals surface area contributed by atoms with Gasteiger partial charge in [-0.05, 0) is 24.1 Å². The van der Waals surface area contributed by atoms with E-state index in [1.807, 2.05) is 61.5 Å². The first-order valence-corrected chi connectivity index (χ1v) is 6.88. The maximum atomic E-state index is 12.0. The number of nitrogens with two attached hydrogens (primary N) is 1. The van der Waals surface area contributed by atoms with Gasteiger partial charge in [0.25, 0.3) is 5.91 Å². The second-order valence-corrected chi connectivity index (χ2v) is 5.33. The number of rotatable bonds is 4. The number of amides is 1. The average Bonchev–Trinajstić information content (AvgIpc) is 2.46. The Morgan fingerprint density at radius 2 is 1.74 bits per heavy atom. The molecule has 0 aliphatic rings. The lowest BCUT2D eigenvalue weighted by Crippen LogP contribution is -2.33. The third-order valence-corrected chi connectivity index (χ3v) is 4.26. The molecule has 0 saturated heterocycles. The summed E-state index contributed by atoms with van der Waals surface area (Å²) in [5.74, 6) is 5.09. The third kappa shape index (κ3) is 3.36. The molecular formula is C15H16N2OS. The highest BCUT2D eigenvalue weighted by Crippen LogP contribution is 2.36. The Balaban J connectivity index is 2.30. The van der Waals surface area contributed by atoms with Crippen molar-refractivity contribution in [3.63, 3.8) is 0 Å². The van der Waals surface area contributed by atoms with E-state index in [4.69, 9.17) is 5.84 Å². The van der Waals surface area contributed by atoms with Crippen molar-refractivity contribution in [2.45, 2.75) is 17.1 Å². The van der Waals surface area contributed by atoms with E-state index in [2.05, 4.69) is 5.43 Å². The number of benzene rings is 2. The van der Waals surface area contributed by atoms with Crippen LogP contribution in [0.15, 0.2) is 59.5 Å². The summed E-state index contributed by atoms with van der Waals surface area (Å²) in [4.78, 5) is 13.1. The van der Waals surface area contributed by atoms with Crippen molar-refractivity contribution >= 4 is 17.7 Å². The molecule has 1 atom stereocenters. The van der Waals surface area contributed by atoms with E-state index < -0.39 is 0 Å². The Hall–Kier alpha value is -1.78. The van der Waals surface area contributed by atoms with Gasteiger partial charge in [0.05, 0.1) is 0 Å². The Bertz CT molecular complexity index is 557. The van der Waals surface area contributed by atoms with Crippen LogP contribution >= 0.6 is 11.8 Å². The number of aryl methyl sites for hydroxylation is 1. The van der Waals surface area contributed by atoms with Crippen LogP contribution in [0.1, 0.15) is 16.4 Å². The largest absolute Gasteiger partial charge is 0.293 e. The Labute approximate surface area is 117 Å². The van der Waals surface area contributed by atoms with E-state index in [-0.39, 0.29) is 11.2 Å². The number of carbonyl (C=O) groups excluding carboxylic acids is 1. The summed E-state index contributed by atoms with van der Waals surface area (Å²) < 4.78 is 0. The Morgan fingerprint density at radius 3 is 2.37 bits per heavy atom. The third-order valence-electron chi connectivity index (χ3n) is 2.82. The molecule has 2 aromatic carbocycles. The maximum Gasteiger partial charge on any atom is 0.251 e. The van der Waals surface area contributed by atoms with Gasteiger partial charge in [-0.25, -0.2) is 5.84 Å². The Morgan fingerprint density at radius 1 is 1.11 bits per heavy atom. The summed E-state index contributed by atoms with van der Waals surface area (Å²) >= 11 is 1.51. The van der Waals surface area contributed by atoms with Crippen molar-refractivity contribution in [2.75, 3.05) is 0 Å². The van der Waals surface area contributed by atoms with Gasteiger partial charge in [-0.15, -0.1) is 11.8 Å². The molecule has 0 aliphatic carbocycles. The molecule has 1 unspecified atom stereocenters. The molecule has 0 aromatic heterocycles. The predicted molar refractivity (Wildman–Crippen MR) is 78.5 cm³/mol. The minimum Gasteiger partial charge on any atom is -0.293 e. The minimum atomic E-state index is -0.340. The van der Waals surface area contributed by atoms with Crippen LogP contribution in [0.25, 0.3) is 0 Å². The zero-order valence-electron chi connectivity index (χ0n) is 10.7. The maximum absolute atomic E-state index is 12.0. The van der Waals surface area contributed by atoms with Crippen molar-refractivity contribution in [3.05, 3.63) is 65.7 Å². The van der Waals surface area contributed by atoms with Gasteiger partial charge >= 0.3 is 0 Å². The lowest BCUT2D eigenvalue weighted by molar-refractivity contribution is -0.120. The topological polar surface area (TPSA) is 55.1 Å². The van der Waals surface area contributed by atoms with E-state index >= 15 is 0 Å². The molecule has 0 saturated carbocycles. The van der Waals surface area contributed by atoms with Crippen molar-refractivity contribution in [1.29, 1.82) is 0 Å². The fraction of sp³-hybridized carbons (Fsp3) is 0.133. The highest BCUT2D eigenvalue weighted by atomic mass is 32.2. The van der Waals surface area contributed by atoms with Crippen LogP contribution in [0.2, 0.25) is 0 Å². The SMILES string of the molecule is Cc1ccccc1SC(C(=O)NN)c1ccccc1. The van der Waals surface area contributed by atoms with Crippen LogP contribution in [-0.4, -0.2) is 5.91 Å². The smallest absolute Gasteiger partial charge is 0.251 e. The van der Waals surface area contributed by atoms with Crippen molar-refractivity contribution < 1.29 is 4.79 Å². The first kappa shape index (κ1) is 13.6. The highest BCUT2D eigenvalue weighted by molar-refractivity contribution is 8.00. The summed E-state index contributed by atoms with van der Waals surface area (Å²) in [6, 6.07) is 17.6. The molecule has 4 heteroatoms. The lowest BCUT2D eigenvalue weighted by Gasteiger charge is -2.16. The average molecular weight is 272 g/mol. The molecule has 98 valence electrons. The molecule has 3 nitrogen and oxygen atoms in total. The minimum absolute atomic E-state index is 0.195. The van der Waals surface area contributed by atoms with E-state index in [0.717, 1.165) is 16.0 Å². The van der Waals surface area contributed by atoms with Crippen LogP contribution in [0.3, 0.4) is 0 Å². The first-order chi connectivity index (χ1) is 9.22. The summed E-state index contributed by atoms with van der Waals surface area (Å²) in [5.41, 5.74) is 4.34. The van der Waals surface area contributed by atoms with Crippen LogP contribution in [0.5, 0.6) is 0 Å². The van der Waals surface area contributed by atoms with Crippen molar-refractivity contribution in [1.82, 2.24) is 5.43 Å². The molecular weight excluding hydrogens is 256 g/mol. The molecule has 1 amide bonds. The van der Waals surface area contributed by atoms with Gasteiger partial charge in [0.15, 0.2) is 0 Å². The monoisotopic (exact) mass is 272 g/mol. The number of hydrogen-bond acceptors (Lipinski definition) is 3. The van der Waals surface area contributed by atoms with Gasteiger partial charge < -0.3 is 0 Å². The second kappa shape index (κ2) is 6.41. The summed E-state index contributed by atoms with van der Waals surface area (Å²) in [7, 11) is 0. The summed E-state index contributed by atoms with van der Waals surface area (Å²) in [5, 5.41) is -0.340.